The van der Waals surface area contributed by atoms with Gasteiger partial charge in [-0.2, -0.15) is 0 Å². The van der Waals surface area contributed by atoms with Crippen LogP contribution in [0.3, 0.4) is 0 Å². The van der Waals surface area contributed by atoms with E-state index in [1.54, 1.807) is 0 Å². The summed E-state index contributed by atoms with van der Waals surface area (Å²) < 4.78 is 12.5. The summed E-state index contributed by atoms with van der Waals surface area (Å²) in [5.41, 5.74) is -0.218. The van der Waals surface area contributed by atoms with Gasteiger partial charge in [0, 0.05) is 31.5 Å². The van der Waals surface area contributed by atoms with E-state index in [-0.39, 0.29) is 5.41 Å². The number of benzene rings is 1. The zero-order valence-corrected chi connectivity index (χ0v) is 12.9. The van der Waals surface area contributed by atoms with Gasteiger partial charge in [0.05, 0.1) is 0 Å². The molecule has 0 atom stereocenters. The van der Waals surface area contributed by atoms with Gasteiger partial charge in [-0.25, -0.2) is 0 Å². The third kappa shape index (κ3) is 2.81. The number of hydrogen-bond acceptors (Lipinski definition) is 2. The van der Waals surface area contributed by atoms with E-state index in [1.807, 2.05) is 18.2 Å². The summed E-state index contributed by atoms with van der Waals surface area (Å²) in [6, 6.07) is 11.1. The number of hydrogen-bond donors (Lipinski definition) is 0. The highest BCUT2D eigenvalue weighted by molar-refractivity contribution is 6.81. The molecule has 0 aromatic heterocycles. The highest BCUT2D eigenvalue weighted by atomic mass is 28.4. The Balaban J connectivity index is 2.20. The number of terminal acetylenes is 2. The molecule has 0 aliphatic carbocycles. The van der Waals surface area contributed by atoms with Crippen molar-refractivity contribution in [2.24, 2.45) is 5.41 Å². The molecule has 1 aromatic rings. The van der Waals surface area contributed by atoms with Gasteiger partial charge in [-0.3, -0.25) is 0 Å². The molecule has 1 fully saturated rings. The molecule has 20 heavy (non-hydrogen) atoms. The first-order chi connectivity index (χ1) is 9.70. The Kier molecular flexibility index (Phi) is 4.67. The van der Waals surface area contributed by atoms with Crippen molar-refractivity contribution in [3.8, 4) is 24.7 Å². The van der Waals surface area contributed by atoms with Crippen molar-refractivity contribution < 1.29 is 8.85 Å². The van der Waals surface area contributed by atoms with Gasteiger partial charge in [-0.1, -0.05) is 37.3 Å². The standard InChI is InChI=1S/C17H20O2Si/c1-4-12-17(13-5-2)14-18-20(6-3,19-15-17)16-10-8-7-9-11-16/h1-2,7-11H,6,12-15H2,3H3. The average molecular weight is 284 g/mol. The number of rotatable bonds is 4. The van der Waals surface area contributed by atoms with Gasteiger partial charge in [-0.05, 0) is 11.2 Å². The molecule has 0 bridgehead atoms. The predicted octanol–water partition coefficient (Wildman–Crippen LogP) is 2.44. The summed E-state index contributed by atoms with van der Waals surface area (Å²) in [6.45, 7) is 3.31. The second-order valence-electron chi connectivity index (χ2n) is 5.31. The highest BCUT2D eigenvalue weighted by Gasteiger charge is 2.47. The van der Waals surface area contributed by atoms with Gasteiger partial charge in [0.15, 0.2) is 0 Å². The molecule has 0 unspecified atom stereocenters. The fraction of sp³-hybridized carbons (Fsp3) is 0.412. The molecule has 1 aliphatic heterocycles. The van der Waals surface area contributed by atoms with Crippen LogP contribution in [0.2, 0.25) is 6.04 Å². The maximum absolute atomic E-state index is 6.25. The van der Waals surface area contributed by atoms with Crippen LogP contribution in [0, 0.1) is 30.1 Å². The lowest BCUT2D eigenvalue weighted by Gasteiger charge is -2.43. The van der Waals surface area contributed by atoms with E-state index in [4.69, 9.17) is 21.7 Å². The smallest absolute Gasteiger partial charge is 0.372 e. The maximum Gasteiger partial charge on any atom is 0.372 e. The molecule has 0 spiro atoms. The molecule has 0 N–H and O–H groups in total. The van der Waals surface area contributed by atoms with Gasteiger partial charge < -0.3 is 8.85 Å². The second kappa shape index (κ2) is 6.28. The first-order valence-electron chi connectivity index (χ1n) is 6.91. The Hall–Kier alpha value is -1.52. The molecular formula is C17H20O2Si. The molecule has 2 nitrogen and oxygen atoms in total. The Bertz CT molecular complexity index is 498. The van der Waals surface area contributed by atoms with Gasteiger partial charge in [0.25, 0.3) is 0 Å². The molecule has 1 aliphatic rings. The van der Waals surface area contributed by atoms with Crippen LogP contribution in [0.15, 0.2) is 30.3 Å². The minimum atomic E-state index is -2.32. The minimum Gasteiger partial charge on any atom is -0.390 e. The summed E-state index contributed by atoms with van der Waals surface area (Å²) in [4.78, 5) is 0. The average Bonchev–Trinajstić information content (AvgIpc) is 2.50. The van der Waals surface area contributed by atoms with Crippen molar-refractivity contribution in [2.75, 3.05) is 13.2 Å². The third-order valence-corrected chi connectivity index (χ3v) is 7.22. The first-order valence-corrected chi connectivity index (χ1v) is 8.93. The van der Waals surface area contributed by atoms with Crippen LogP contribution in [-0.4, -0.2) is 21.8 Å². The lowest BCUT2D eigenvalue weighted by atomic mass is 9.83. The molecule has 0 radical (unpaired) electrons. The van der Waals surface area contributed by atoms with E-state index in [1.165, 1.54) is 5.19 Å². The van der Waals surface area contributed by atoms with Crippen molar-refractivity contribution in [2.45, 2.75) is 25.8 Å². The van der Waals surface area contributed by atoms with Crippen LogP contribution >= 0.6 is 0 Å². The molecule has 2 rings (SSSR count). The molecular weight excluding hydrogens is 264 g/mol. The largest absolute Gasteiger partial charge is 0.390 e. The van der Waals surface area contributed by atoms with Crippen LogP contribution in [0.1, 0.15) is 19.8 Å². The van der Waals surface area contributed by atoms with E-state index in [0.29, 0.717) is 26.1 Å². The summed E-state index contributed by atoms with van der Waals surface area (Å²) >= 11 is 0. The molecule has 1 aromatic carbocycles. The van der Waals surface area contributed by atoms with E-state index >= 15 is 0 Å². The van der Waals surface area contributed by atoms with Crippen LogP contribution in [0.5, 0.6) is 0 Å². The Labute approximate surface area is 122 Å². The van der Waals surface area contributed by atoms with Crippen molar-refractivity contribution >= 4 is 13.7 Å². The first kappa shape index (κ1) is 14.9. The van der Waals surface area contributed by atoms with Crippen LogP contribution in [-0.2, 0) is 8.85 Å². The topological polar surface area (TPSA) is 18.5 Å². The Morgan fingerprint density at radius 2 is 1.65 bits per heavy atom. The van der Waals surface area contributed by atoms with Gasteiger partial charge in [-0.15, -0.1) is 24.7 Å². The lowest BCUT2D eigenvalue weighted by Crippen LogP contribution is -2.60. The minimum absolute atomic E-state index is 0.218. The zero-order valence-electron chi connectivity index (χ0n) is 11.9. The van der Waals surface area contributed by atoms with E-state index in [0.717, 1.165) is 6.04 Å². The molecule has 1 heterocycles. The molecule has 3 heteroatoms. The Morgan fingerprint density at radius 3 is 2.10 bits per heavy atom. The van der Waals surface area contributed by atoms with E-state index in [2.05, 4.69) is 30.9 Å². The third-order valence-electron chi connectivity index (χ3n) is 3.86. The van der Waals surface area contributed by atoms with E-state index < -0.39 is 8.56 Å². The normalized spacial score (nSPS) is 19.8. The van der Waals surface area contributed by atoms with Crippen molar-refractivity contribution in [1.29, 1.82) is 0 Å². The van der Waals surface area contributed by atoms with Crippen LogP contribution < -0.4 is 5.19 Å². The fourth-order valence-corrected chi connectivity index (χ4v) is 5.60. The maximum atomic E-state index is 6.25. The van der Waals surface area contributed by atoms with Gasteiger partial charge in [0.2, 0.25) is 0 Å². The second-order valence-corrected chi connectivity index (χ2v) is 8.68. The summed E-state index contributed by atoms with van der Waals surface area (Å²) in [5, 5.41) is 1.18. The summed E-state index contributed by atoms with van der Waals surface area (Å²) in [6.07, 6.45) is 12.1. The van der Waals surface area contributed by atoms with Crippen molar-refractivity contribution in [3.05, 3.63) is 30.3 Å². The highest BCUT2D eigenvalue weighted by Crippen LogP contribution is 2.34. The summed E-state index contributed by atoms with van der Waals surface area (Å²) in [5.74, 6) is 5.42. The monoisotopic (exact) mass is 284 g/mol. The Morgan fingerprint density at radius 1 is 1.10 bits per heavy atom. The molecule has 1 saturated heterocycles. The fourth-order valence-electron chi connectivity index (χ4n) is 2.59. The quantitative estimate of drug-likeness (QED) is 0.624. The zero-order chi connectivity index (χ0) is 14.5. The lowest BCUT2D eigenvalue weighted by molar-refractivity contribution is 0.00146. The van der Waals surface area contributed by atoms with E-state index in [9.17, 15) is 0 Å². The molecule has 0 saturated carbocycles. The van der Waals surface area contributed by atoms with Gasteiger partial charge >= 0.3 is 8.56 Å². The van der Waals surface area contributed by atoms with Crippen molar-refractivity contribution in [1.82, 2.24) is 0 Å². The molecule has 104 valence electrons. The SMILES string of the molecule is C#CCC1(CC#C)CO[Si](CC)(c2ccccc2)OC1. The van der Waals surface area contributed by atoms with Crippen LogP contribution in [0.25, 0.3) is 0 Å². The van der Waals surface area contributed by atoms with Crippen molar-refractivity contribution in [3.63, 3.8) is 0 Å². The van der Waals surface area contributed by atoms with Crippen LogP contribution in [0.4, 0.5) is 0 Å². The predicted molar refractivity (Wildman–Crippen MR) is 83.5 cm³/mol. The molecule has 0 amide bonds. The summed E-state index contributed by atoms with van der Waals surface area (Å²) in [7, 11) is -2.32. The van der Waals surface area contributed by atoms with Gasteiger partial charge in [0.1, 0.15) is 0 Å².